The van der Waals surface area contributed by atoms with Crippen molar-refractivity contribution in [3.8, 4) is 17.2 Å². The lowest BCUT2D eigenvalue weighted by Gasteiger charge is -2.15. The van der Waals surface area contributed by atoms with E-state index in [1.807, 2.05) is 0 Å². The van der Waals surface area contributed by atoms with Crippen molar-refractivity contribution in [3.05, 3.63) is 17.7 Å². The highest BCUT2D eigenvalue weighted by Crippen LogP contribution is 2.37. The maximum absolute atomic E-state index is 12.3. The van der Waals surface area contributed by atoms with Gasteiger partial charge >= 0.3 is 5.97 Å². The summed E-state index contributed by atoms with van der Waals surface area (Å²) in [5.41, 5.74) is 0.220. The topological polar surface area (TPSA) is 111 Å². The van der Waals surface area contributed by atoms with Gasteiger partial charge < -0.3 is 24.6 Å². The number of phenolic OH excluding ortho intramolecular Hbond substituents is 1. The predicted molar refractivity (Wildman–Crippen MR) is 87.6 cm³/mol. The van der Waals surface area contributed by atoms with Crippen LogP contribution < -0.4 is 14.8 Å². The molecule has 0 unspecified atom stereocenters. The number of benzene rings is 1. The minimum absolute atomic E-state index is 0.00338. The van der Waals surface area contributed by atoms with Gasteiger partial charge in [0.05, 0.1) is 21.3 Å². The second kappa shape index (κ2) is 9.02. The van der Waals surface area contributed by atoms with Crippen molar-refractivity contribution < 1.29 is 33.7 Å². The normalized spacial score (nSPS) is 11.3. The first-order chi connectivity index (χ1) is 11.3. The molecule has 0 heterocycles. The Morgan fingerprint density at radius 2 is 1.71 bits per heavy atom. The number of ether oxygens (including phenoxy) is 3. The van der Waals surface area contributed by atoms with Gasteiger partial charge in [-0.2, -0.15) is 0 Å². The number of hydrogen-bond acceptors (Lipinski definition) is 8. The fourth-order valence-corrected chi connectivity index (χ4v) is 2.63. The first kappa shape index (κ1) is 19.6. The first-order valence-corrected chi connectivity index (χ1v) is 7.79. The quantitative estimate of drug-likeness (QED) is 0.694. The number of hydrogen-bond donors (Lipinski definition) is 2. The van der Waals surface area contributed by atoms with Gasteiger partial charge in [0.1, 0.15) is 6.04 Å². The third-order valence-electron chi connectivity index (χ3n) is 2.96. The van der Waals surface area contributed by atoms with Crippen LogP contribution in [-0.2, 0) is 14.3 Å². The van der Waals surface area contributed by atoms with Crippen LogP contribution in [-0.4, -0.2) is 55.2 Å². The van der Waals surface area contributed by atoms with Crippen LogP contribution in [0.5, 0.6) is 17.2 Å². The zero-order valence-corrected chi connectivity index (χ0v) is 14.6. The molecule has 132 valence electrons. The van der Waals surface area contributed by atoms with Crippen LogP contribution in [0, 0.1) is 0 Å². The van der Waals surface area contributed by atoms with Gasteiger partial charge in [0.15, 0.2) is 11.5 Å². The van der Waals surface area contributed by atoms with Crippen LogP contribution in [0.1, 0.15) is 17.3 Å². The third-order valence-corrected chi connectivity index (χ3v) is 3.96. The Labute approximate surface area is 143 Å². The van der Waals surface area contributed by atoms with E-state index in [-0.39, 0.29) is 33.7 Å². The Bertz CT molecular complexity index is 607. The molecule has 1 aromatic carbocycles. The van der Waals surface area contributed by atoms with Crippen LogP contribution in [0.2, 0.25) is 0 Å². The Kier molecular flexibility index (Phi) is 7.37. The lowest BCUT2D eigenvalue weighted by Crippen LogP contribution is -2.42. The molecular formula is C15H19NO7S. The summed E-state index contributed by atoms with van der Waals surface area (Å²) in [6.45, 7) is 1.26. The lowest BCUT2D eigenvalue weighted by atomic mass is 10.2. The van der Waals surface area contributed by atoms with E-state index < -0.39 is 17.9 Å². The molecule has 0 aromatic heterocycles. The average Bonchev–Trinajstić information content (AvgIpc) is 2.57. The molecule has 1 aromatic rings. The Hall–Kier alpha value is -2.42. The van der Waals surface area contributed by atoms with Crippen molar-refractivity contribution in [3.63, 3.8) is 0 Å². The fourth-order valence-electron chi connectivity index (χ4n) is 1.81. The molecule has 1 atom stereocenters. The van der Waals surface area contributed by atoms with Crippen molar-refractivity contribution in [2.75, 3.05) is 27.1 Å². The summed E-state index contributed by atoms with van der Waals surface area (Å²) >= 11 is 0.820. The highest BCUT2D eigenvalue weighted by atomic mass is 32.2. The minimum Gasteiger partial charge on any atom is -0.502 e. The summed E-state index contributed by atoms with van der Waals surface area (Å²) in [7, 11) is 3.89. The monoisotopic (exact) mass is 357 g/mol. The minimum atomic E-state index is -0.942. The zero-order chi connectivity index (χ0) is 18.3. The van der Waals surface area contributed by atoms with Gasteiger partial charge in [-0.05, 0) is 12.1 Å². The van der Waals surface area contributed by atoms with Crippen molar-refractivity contribution in [1.82, 2.24) is 5.32 Å². The van der Waals surface area contributed by atoms with E-state index in [1.165, 1.54) is 40.4 Å². The van der Waals surface area contributed by atoms with E-state index in [4.69, 9.17) is 9.47 Å². The van der Waals surface area contributed by atoms with Gasteiger partial charge in [0, 0.05) is 18.2 Å². The summed E-state index contributed by atoms with van der Waals surface area (Å²) in [5.74, 6) is -1.10. The van der Waals surface area contributed by atoms with E-state index in [2.05, 4.69) is 10.1 Å². The van der Waals surface area contributed by atoms with Crippen molar-refractivity contribution in [2.24, 2.45) is 0 Å². The standard InChI is InChI=1S/C15H19NO7S/c1-8(17)16-10(14(19)23-4)7-24-15(20)9-5-11(21-2)13(18)12(6-9)22-3/h5-6,10,18H,7H2,1-4H3,(H,16,17)/t10-/m0/s1. The molecule has 0 aliphatic heterocycles. The molecule has 0 saturated carbocycles. The maximum Gasteiger partial charge on any atom is 0.329 e. The van der Waals surface area contributed by atoms with Gasteiger partial charge in [-0.15, -0.1) is 0 Å². The number of rotatable bonds is 7. The number of carbonyl (C=O) groups excluding carboxylic acids is 3. The van der Waals surface area contributed by atoms with Gasteiger partial charge in [-0.3, -0.25) is 9.59 Å². The Morgan fingerprint density at radius 1 is 1.17 bits per heavy atom. The van der Waals surface area contributed by atoms with Gasteiger partial charge in [-0.1, -0.05) is 11.8 Å². The summed E-state index contributed by atoms with van der Waals surface area (Å²) in [6.07, 6.45) is 0. The highest BCUT2D eigenvalue weighted by molar-refractivity contribution is 8.14. The smallest absolute Gasteiger partial charge is 0.329 e. The Balaban J connectivity index is 2.90. The van der Waals surface area contributed by atoms with E-state index in [1.54, 1.807) is 0 Å². The molecule has 2 N–H and O–H groups in total. The van der Waals surface area contributed by atoms with E-state index >= 15 is 0 Å². The van der Waals surface area contributed by atoms with Crippen molar-refractivity contribution >= 4 is 28.8 Å². The average molecular weight is 357 g/mol. The number of amides is 1. The van der Waals surface area contributed by atoms with Crippen LogP contribution in [0.15, 0.2) is 12.1 Å². The van der Waals surface area contributed by atoms with Crippen LogP contribution in [0.4, 0.5) is 0 Å². The molecule has 1 rings (SSSR count). The van der Waals surface area contributed by atoms with Gasteiger partial charge in [0.25, 0.3) is 0 Å². The number of aromatic hydroxyl groups is 1. The van der Waals surface area contributed by atoms with E-state index in [0.29, 0.717) is 0 Å². The van der Waals surface area contributed by atoms with Gasteiger partial charge in [-0.25, -0.2) is 4.79 Å². The number of carbonyl (C=O) groups is 3. The summed E-state index contributed by atoms with van der Waals surface area (Å²) < 4.78 is 14.6. The molecule has 8 nitrogen and oxygen atoms in total. The molecular weight excluding hydrogens is 338 g/mol. The van der Waals surface area contributed by atoms with Crippen LogP contribution in [0.3, 0.4) is 0 Å². The third kappa shape index (κ3) is 5.05. The number of esters is 1. The number of thioether (sulfide) groups is 1. The molecule has 0 aliphatic rings. The first-order valence-electron chi connectivity index (χ1n) is 6.81. The predicted octanol–water partition coefficient (Wildman–Crippen LogP) is 0.960. The zero-order valence-electron chi connectivity index (χ0n) is 13.7. The molecule has 1 amide bonds. The second-order valence-electron chi connectivity index (χ2n) is 4.60. The molecule has 0 saturated heterocycles. The number of methoxy groups -OCH3 is 3. The molecule has 0 fully saturated rings. The second-order valence-corrected chi connectivity index (χ2v) is 5.60. The largest absolute Gasteiger partial charge is 0.502 e. The molecule has 0 bridgehead atoms. The van der Waals surface area contributed by atoms with Crippen molar-refractivity contribution in [1.29, 1.82) is 0 Å². The lowest BCUT2D eigenvalue weighted by molar-refractivity contribution is -0.144. The maximum atomic E-state index is 12.3. The highest BCUT2D eigenvalue weighted by Gasteiger charge is 2.23. The van der Waals surface area contributed by atoms with Gasteiger partial charge in [0.2, 0.25) is 16.8 Å². The van der Waals surface area contributed by atoms with Crippen LogP contribution in [0.25, 0.3) is 0 Å². The molecule has 9 heteroatoms. The summed E-state index contributed by atoms with van der Waals surface area (Å²) in [5, 5.41) is 11.9. The van der Waals surface area contributed by atoms with Crippen LogP contribution >= 0.6 is 11.8 Å². The van der Waals surface area contributed by atoms with E-state index in [9.17, 15) is 19.5 Å². The Morgan fingerprint density at radius 3 is 2.12 bits per heavy atom. The molecule has 0 spiro atoms. The summed E-state index contributed by atoms with van der Waals surface area (Å²) in [4.78, 5) is 35.0. The molecule has 0 radical (unpaired) electrons. The fraction of sp³-hybridized carbons (Fsp3) is 0.400. The van der Waals surface area contributed by atoms with Crippen molar-refractivity contribution in [2.45, 2.75) is 13.0 Å². The number of phenols is 1. The molecule has 24 heavy (non-hydrogen) atoms. The van der Waals surface area contributed by atoms with E-state index in [0.717, 1.165) is 11.8 Å². The number of nitrogens with one attached hydrogen (secondary N) is 1. The summed E-state index contributed by atoms with van der Waals surface area (Å²) in [6, 6.07) is 1.78. The SMILES string of the molecule is COC(=O)[C@H](CSC(=O)c1cc(OC)c(O)c(OC)c1)NC(C)=O. The molecule has 0 aliphatic carbocycles.